The molecule has 0 N–H and O–H groups in total. The van der Waals surface area contributed by atoms with E-state index in [1.807, 2.05) is 25.1 Å². The summed E-state index contributed by atoms with van der Waals surface area (Å²) >= 11 is 0. The van der Waals surface area contributed by atoms with Crippen LogP contribution in [0, 0.1) is 6.92 Å². The highest BCUT2D eigenvalue weighted by Gasteiger charge is 2.30. The van der Waals surface area contributed by atoms with Gasteiger partial charge >= 0.3 is 6.18 Å². The SMILES string of the molecule is Cc1cccc(C(=O)N2CCC[C@H](OCc3cccc(C(F)(F)F)c3)C2)c1. The van der Waals surface area contributed by atoms with Gasteiger partial charge in [0.25, 0.3) is 5.91 Å². The monoisotopic (exact) mass is 377 g/mol. The predicted molar refractivity (Wildman–Crippen MR) is 96.3 cm³/mol. The molecule has 1 atom stereocenters. The number of ether oxygens (including phenoxy) is 1. The van der Waals surface area contributed by atoms with Crippen molar-refractivity contribution in [2.24, 2.45) is 0 Å². The molecule has 144 valence electrons. The number of benzene rings is 2. The summed E-state index contributed by atoms with van der Waals surface area (Å²) in [5.41, 5.74) is 1.47. The molecule has 6 heteroatoms. The highest BCUT2D eigenvalue weighted by molar-refractivity contribution is 5.94. The van der Waals surface area contributed by atoms with Crippen LogP contribution in [-0.2, 0) is 17.5 Å². The van der Waals surface area contributed by atoms with E-state index in [0.717, 1.165) is 30.5 Å². The van der Waals surface area contributed by atoms with Gasteiger partial charge in [0, 0.05) is 18.7 Å². The third-order valence-corrected chi connectivity index (χ3v) is 4.67. The Labute approximate surface area is 156 Å². The number of carbonyl (C=O) groups is 1. The number of rotatable bonds is 4. The number of piperidine rings is 1. The quantitative estimate of drug-likeness (QED) is 0.763. The minimum absolute atomic E-state index is 0.0360. The molecule has 1 fully saturated rings. The molecule has 2 aromatic rings. The summed E-state index contributed by atoms with van der Waals surface area (Å²) < 4.78 is 44.2. The van der Waals surface area contributed by atoms with Crippen molar-refractivity contribution in [2.45, 2.75) is 38.7 Å². The topological polar surface area (TPSA) is 29.5 Å². The number of amides is 1. The molecule has 1 aliphatic heterocycles. The largest absolute Gasteiger partial charge is 0.416 e. The smallest absolute Gasteiger partial charge is 0.372 e. The molecule has 2 aromatic carbocycles. The van der Waals surface area contributed by atoms with E-state index in [1.165, 1.54) is 6.07 Å². The minimum Gasteiger partial charge on any atom is -0.372 e. The lowest BCUT2D eigenvalue weighted by molar-refractivity contribution is -0.137. The van der Waals surface area contributed by atoms with Crippen molar-refractivity contribution in [1.29, 1.82) is 0 Å². The van der Waals surface area contributed by atoms with E-state index < -0.39 is 11.7 Å². The molecular weight excluding hydrogens is 355 g/mol. The zero-order chi connectivity index (χ0) is 19.4. The fourth-order valence-corrected chi connectivity index (χ4v) is 3.27. The fourth-order valence-electron chi connectivity index (χ4n) is 3.27. The van der Waals surface area contributed by atoms with Crippen LogP contribution in [0.1, 0.15) is 39.9 Å². The van der Waals surface area contributed by atoms with Crippen molar-refractivity contribution in [3.8, 4) is 0 Å². The summed E-state index contributed by atoms with van der Waals surface area (Å²) in [7, 11) is 0. The highest BCUT2D eigenvalue weighted by atomic mass is 19.4. The second-order valence-corrected chi connectivity index (χ2v) is 6.89. The molecule has 0 aliphatic carbocycles. The van der Waals surface area contributed by atoms with E-state index in [1.54, 1.807) is 17.0 Å². The molecule has 27 heavy (non-hydrogen) atoms. The third-order valence-electron chi connectivity index (χ3n) is 4.67. The number of hydrogen-bond donors (Lipinski definition) is 0. The Hall–Kier alpha value is -2.34. The van der Waals surface area contributed by atoms with Crippen LogP contribution in [-0.4, -0.2) is 30.0 Å². The van der Waals surface area contributed by atoms with Crippen molar-refractivity contribution >= 4 is 5.91 Å². The maximum Gasteiger partial charge on any atom is 0.416 e. The van der Waals surface area contributed by atoms with Gasteiger partial charge in [-0.25, -0.2) is 0 Å². The molecule has 0 spiro atoms. The summed E-state index contributed by atoms with van der Waals surface area (Å²) in [6.07, 6.45) is -2.94. The van der Waals surface area contributed by atoms with Crippen LogP contribution >= 0.6 is 0 Å². The molecule has 1 amide bonds. The van der Waals surface area contributed by atoms with Crippen LogP contribution in [0.4, 0.5) is 13.2 Å². The maximum atomic E-state index is 12.8. The van der Waals surface area contributed by atoms with Gasteiger partial charge in [0.05, 0.1) is 18.3 Å². The average Bonchev–Trinajstić information content (AvgIpc) is 2.65. The Morgan fingerprint density at radius 3 is 2.70 bits per heavy atom. The predicted octanol–water partition coefficient (Wildman–Crippen LogP) is 4.84. The molecule has 0 bridgehead atoms. The summed E-state index contributed by atoms with van der Waals surface area (Å²) in [5.74, 6) is -0.0360. The highest BCUT2D eigenvalue weighted by Crippen LogP contribution is 2.30. The molecular formula is C21H22F3NO2. The van der Waals surface area contributed by atoms with E-state index in [0.29, 0.717) is 24.2 Å². The van der Waals surface area contributed by atoms with E-state index in [9.17, 15) is 18.0 Å². The maximum absolute atomic E-state index is 12.8. The van der Waals surface area contributed by atoms with Crippen molar-refractivity contribution in [2.75, 3.05) is 13.1 Å². The van der Waals surface area contributed by atoms with E-state index >= 15 is 0 Å². The molecule has 0 aromatic heterocycles. The van der Waals surface area contributed by atoms with Gasteiger partial charge in [-0.05, 0) is 49.6 Å². The van der Waals surface area contributed by atoms with Crippen LogP contribution in [0.25, 0.3) is 0 Å². The van der Waals surface area contributed by atoms with Gasteiger partial charge in [-0.3, -0.25) is 4.79 Å². The first-order valence-electron chi connectivity index (χ1n) is 8.96. The first-order chi connectivity index (χ1) is 12.8. The average molecular weight is 377 g/mol. The normalized spacial score (nSPS) is 17.8. The zero-order valence-electron chi connectivity index (χ0n) is 15.1. The molecule has 3 rings (SSSR count). The standard InChI is InChI=1S/C21H22F3NO2/c1-15-5-2-7-17(11-15)20(26)25-10-4-9-19(13-25)27-14-16-6-3-8-18(12-16)21(22,23)24/h2-3,5-8,11-12,19H,4,9-10,13-14H2,1H3/t19-/m0/s1. The van der Waals surface area contributed by atoms with Crippen LogP contribution in [0.15, 0.2) is 48.5 Å². The number of likely N-dealkylation sites (tertiary alicyclic amines) is 1. The van der Waals surface area contributed by atoms with Crippen molar-refractivity contribution in [1.82, 2.24) is 4.90 Å². The summed E-state index contributed by atoms with van der Waals surface area (Å²) in [6, 6.07) is 12.6. The Bertz CT molecular complexity index is 804. The van der Waals surface area contributed by atoms with Gasteiger partial charge in [0.15, 0.2) is 0 Å². The van der Waals surface area contributed by atoms with Gasteiger partial charge in [-0.15, -0.1) is 0 Å². The van der Waals surface area contributed by atoms with Crippen LogP contribution < -0.4 is 0 Å². The molecule has 0 unspecified atom stereocenters. The number of hydrogen-bond acceptors (Lipinski definition) is 2. The lowest BCUT2D eigenvalue weighted by atomic mass is 10.1. The minimum atomic E-state index is -4.36. The Balaban J connectivity index is 1.60. The number of nitrogens with zero attached hydrogens (tertiary/aromatic N) is 1. The van der Waals surface area contributed by atoms with E-state index in [-0.39, 0.29) is 18.6 Å². The Morgan fingerprint density at radius 2 is 1.96 bits per heavy atom. The van der Waals surface area contributed by atoms with E-state index in [4.69, 9.17) is 4.74 Å². The number of halogens is 3. The Morgan fingerprint density at radius 1 is 1.19 bits per heavy atom. The second kappa shape index (κ2) is 8.13. The first-order valence-corrected chi connectivity index (χ1v) is 8.96. The molecule has 1 saturated heterocycles. The fraction of sp³-hybridized carbons (Fsp3) is 0.381. The van der Waals surface area contributed by atoms with Gasteiger partial charge in [0.1, 0.15) is 0 Å². The van der Waals surface area contributed by atoms with Gasteiger partial charge in [-0.2, -0.15) is 13.2 Å². The molecule has 0 saturated carbocycles. The lowest BCUT2D eigenvalue weighted by Gasteiger charge is -2.33. The van der Waals surface area contributed by atoms with Gasteiger partial charge in [-0.1, -0.05) is 29.8 Å². The van der Waals surface area contributed by atoms with Gasteiger partial charge < -0.3 is 9.64 Å². The summed E-state index contributed by atoms with van der Waals surface area (Å²) in [4.78, 5) is 14.4. The number of alkyl halides is 3. The molecule has 1 aliphatic rings. The molecule has 1 heterocycles. The number of carbonyl (C=O) groups excluding carboxylic acids is 1. The lowest BCUT2D eigenvalue weighted by Crippen LogP contribution is -2.43. The van der Waals surface area contributed by atoms with Crippen LogP contribution in [0.5, 0.6) is 0 Å². The zero-order valence-corrected chi connectivity index (χ0v) is 15.1. The number of aryl methyl sites for hydroxylation is 1. The first kappa shape index (κ1) is 19.4. The van der Waals surface area contributed by atoms with Crippen LogP contribution in [0.2, 0.25) is 0 Å². The van der Waals surface area contributed by atoms with Gasteiger partial charge in [0.2, 0.25) is 0 Å². The molecule has 3 nitrogen and oxygen atoms in total. The van der Waals surface area contributed by atoms with Crippen molar-refractivity contribution in [3.63, 3.8) is 0 Å². The third kappa shape index (κ3) is 5.10. The van der Waals surface area contributed by atoms with Crippen molar-refractivity contribution in [3.05, 3.63) is 70.8 Å². The van der Waals surface area contributed by atoms with E-state index in [2.05, 4.69) is 0 Å². The summed E-state index contributed by atoms with van der Waals surface area (Å²) in [6.45, 7) is 3.15. The van der Waals surface area contributed by atoms with Crippen molar-refractivity contribution < 1.29 is 22.7 Å². The second-order valence-electron chi connectivity index (χ2n) is 6.89. The van der Waals surface area contributed by atoms with Crippen LogP contribution in [0.3, 0.4) is 0 Å². The Kier molecular flexibility index (Phi) is 5.85. The molecule has 0 radical (unpaired) electrons. The summed E-state index contributed by atoms with van der Waals surface area (Å²) in [5, 5.41) is 0.